The van der Waals surface area contributed by atoms with Crippen LogP contribution in [0.5, 0.6) is 0 Å². The van der Waals surface area contributed by atoms with Crippen LogP contribution in [0.15, 0.2) is 32.3 Å². The molecule has 0 saturated carbocycles. The summed E-state index contributed by atoms with van der Waals surface area (Å²) in [6, 6.07) is 0. The quantitative estimate of drug-likeness (QED) is 0.836. The minimum Gasteiger partial charge on any atom is -0.338 e. The highest BCUT2D eigenvalue weighted by molar-refractivity contribution is 9.13. The fourth-order valence-electron chi connectivity index (χ4n) is 1.45. The van der Waals surface area contributed by atoms with Gasteiger partial charge in [-0.2, -0.15) is 5.10 Å². The summed E-state index contributed by atoms with van der Waals surface area (Å²) in [4.78, 5) is 16.0. The number of aryl methyl sites for hydroxylation is 3. The predicted molar refractivity (Wildman–Crippen MR) is 70.8 cm³/mol. The summed E-state index contributed by atoms with van der Waals surface area (Å²) in [6.45, 7) is 0.509. The lowest BCUT2D eigenvalue weighted by atomic mass is 10.4. The van der Waals surface area contributed by atoms with Crippen LogP contribution in [-0.4, -0.2) is 19.3 Å². The highest BCUT2D eigenvalue weighted by Crippen LogP contribution is 2.16. The van der Waals surface area contributed by atoms with E-state index in [0.717, 1.165) is 5.82 Å². The Kier molecular flexibility index (Phi) is 3.78. The number of imidazole rings is 1. The van der Waals surface area contributed by atoms with Gasteiger partial charge in [-0.15, -0.1) is 0 Å². The molecule has 17 heavy (non-hydrogen) atoms. The molecule has 0 aliphatic carbocycles. The number of hydrogen-bond donors (Lipinski definition) is 0. The largest absolute Gasteiger partial charge is 0.338 e. The standard InChI is InChI=1S/C10H10Br2N4O/c1-15-5-3-13-8(15)2-4-16-10(17)9(12)7(11)6-14-16/h3,5-6H,2,4H2,1H3. The maximum atomic E-state index is 11.8. The Bertz CT molecular complexity index is 590. The molecule has 0 radical (unpaired) electrons. The zero-order valence-electron chi connectivity index (χ0n) is 9.10. The highest BCUT2D eigenvalue weighted by atomic mass is 79.9. The molecule has 2 heterocycles. The Hall–Kier alpha value is -0.950. The van der Waals surface area contributed by atoms with E-state index in [1.807, 2.05) is 17.8 Å². The molecule has 0 saturated heterocycles. The minimum absolute atomic E-state index is 0.145. The SMILES string of the molecule is Cn1ccnc1CCn1ncc(Br)c(Br)c1=O. The van der Waals surface area contributed by atoms with Crippen molar-refractivity contribution in [1.29, 1.82) is 0 Å². The van der Waals surface area contributed by atoms with Crippen molar-refractivity contribution in [2.75, 3.05) is 0 Å². The molecule has 90 valence electrons. The first-order valence-electron chi connectivity index (χ1n) is 4.97. The fourth-order valence-corrected chi connectivity index (χ4v) is 2.02. The number of rotatable bonds is 3. The molecule has 0 fully saturated rings. The molecule has 2 rings (SSSR count). The Morgan fingerprint density at radius 3 is 2.82 bits per heavy atom. The molecule has 0 unspecified atom stereocenters. The Morgan fingerprint density at radius 1 is 1.41 bits per heavy atom. The molecule has 0 bridgehead atoms. The van der Waals surface area contributed by atoms with Crippen molar-refractivity contribution in [3.63, 3.8) is 0 Å². The normalized spacial score (nSPS) is 10.8. The van der Waals surface area contributed by atoms with Crippen LogP contribution >= 0.6 is 31.9 Å². The van der Waals surface area contributed by atoms with Gasteiger partial charge in [0.1, 0.15) is 10.3 Å². The van der Waals surface area contributed by atoms with E-state index >= 15 is 0 Å². The zero-order chi connectivity index (χ0) is 12.4. The van der Waals surface area contributed by atoms with Gasteiger partial charge in [0.05, 0.1) is 17.2 Å². The average molecular weight is 362 g/mol. The molecule has 2 aromatic rings. The molecule has 7 heteroatoms. The number of halogens is 2. The van der Waals surface area contributed by atoms with Crippen LogP contribution in [-0.2, 0) is 20.0 Å². The lowest BCUT2D eigenvalue weighted by molar-refractivity contribution is 0.555. The molecular weight excluding hydrogens is 352 g/mol. The molecule has 5 nitrogen and oxygen atoms in total. The second-order valence-corrected chi connectivity index (χ2v) is 5.19. The second kappa shape index (κ2) is 5.14. The van der Waals surface area contributed by atoms with Crippen molar-refractivity contribution >= 4 is 31.9 Å². The van der Waals surface area contributed by atoms with Gasteiger partial charge in [-0.25, -0.2) is 9.67 Å². The highest BCUT2D eigenvalue weighted by Gasteiger charge is 2.07. The monoisotopic (exact) mass is 360 g/mol. The van der Waals surface area contributed by atoms with Gasteiger partial charge in [0.25, 0.3) is 5.56 Å². The smallest absolute Gasteiger partial charge is 0.282 e. The molecule has 0 spiro atoms. The van der Waals surface area contributed by atoms with E-state index in [1.165, 1.54) is 4.68 Å². The van der Waals surface area contributed by atoms with Crippen molar-refractivity contribution < 1.29 is 0 Å². The summed E-state index contributed by atoms with van der Waals surface area (Å²) in [5.74, 6) is 0.928. The van der Waals surface area contributed by atoms with E-state index < -0.39 is 0 Å². The first-order valence-corrected chi connectivity index (χ1v) is 6.55. The van der Waals surface area contributed by atoms with Crippen molar-refractivity contribution in [2.45, 2.75) is 13.0 Å². The summed E-state index contributed by atoms with van der Waals surface area (Å²) >= 11 is 6.46. The zero-order valence-corrected chi connectivity index (χ0v) is 12.3. The minimum atomic E-state index is -0.145. The molecule has 0 aromatic carbocycles. The van der Waals surface area contributed by atoms with Gasteiger partial charge in [-0.3, -0.25) is 4.79 Å². The van der Waals surface area contributed by atoms with Crippen LogP contribution in [0.2, 0.25) is 0 Å². The Labute approximate surface area is 115 Å². The number of hydrogen-bond acceptors (Lipinski definition) is 3. The number of nitrogens with zero attached hydrogens (tertiary/aromatic N) is 4. The predicted octanol–water partition coefficient (Wildman–Crippen LogP) is 1.74. The van der Waals surface area contributed by atoms with Crippen LogP contribution < -0.4 is 5.56 Å². The lowest BCUT2D eigenvalue weighted by Gasteiger charge is -2.05. The fraction of sp³-hybridized carbons (Fsp3) is 0.300. The van der Waals surface area contributed by atoms with Crippen molar-refractivity contribution in [1.82, 2.24) is 19.3 Å². The first kappa shape index (κ1) is 12.5. The van der Waals surface area contributed by atoms with Gasteiger partial charge in [0, 0.05) is 25.9 Å². The first-order chi connectivity index (χ1) is 8.09. The van der Waals surface area contributed by atoms with E-state index in [9.17, 15) is 4.79 Å². The summed E-state index contributed by atoms with van der Waals surface area (Å²) < 4.78 is 4.51. The van der Waals surface area contributed by atoms with Gasteiger partial charge in [0.2, 0.25) is 0 Å². The molecule has 0 atom stereocenters. The maximum absolute atomic E-state index is 11.8. The third kappa shape index (κ3) is 2.66. The van der Waals surface area contributed by atoms with E-state index in [-0.39, 0.29) is 5.56 Å². The van der Waals surface area contributed by atoms with Crippen LogP contribution in [0, 0.1) is 0 Å². The van der Waals surface area contributed by atoms with Crippen molar-refractivity contribution in [3.8, 4) is 0 Å². The van der Waals surface area contributed by atoms with Crippen LogP contribution in [0.3, 0.4) is 0 Å². The molecule has 0 N–H and O–H groups in total. The lowest BCUT2D eigenvalue weighted by Crippen LogP contribution is -2.24. The third-order valence-corrected chi connectivity index (χ3v) is 4.31. The Morgan fingerprint density at radius 2 is 2.18 bits per heavy atom. The molecule has 2 aromatic heterocycles. The van der Waals surface area contributed by atoms with Crippen LogP contribution in [0.1, 0.15) is 5.82 Å². The molecule has 0 amide bonds. The summed E-state index contributed by atoms with van der Waals surface area (Å²) in [6.07, 6.45) is 5.89. The second-order valence-electron chi connectivity index (χ2n) is 3.54. The maximum Gasteiger partial charge on any atom is 0.282 e. The average Bonchev–Trinajstić information content (AvgIpc) is 2.71. The topological polar surface area (TPSA) is 52.7 Å². The summed E-state index contributed by atoms with van der Waals surface area (Å²) in [5, 5.41) is 4.06. The van der Waals surface area contributed by atoms with Gasteiger partial charge in [-0.05, 0) is 31.9 Å². The molecule has 0 aliphatic heterocycles. The van der Waals surface area contributed by atoms with Gasteiger partial charge in [0.15, 0.2) is 0 Å². The van der Waals surface area contributed by atoms with Gasteiger partial charge >= 0.3 is 0 Å². The Balaban J connectivity index is 2.18. The van der Waals surface area contributed by atoms with Gasteiger partial charge < -0.3 is 4.57 Å². The van der Waals surface area contributed by atoms with E-state index in [4.69, 9.17) is 0 Å². The molecular formula is C10H10Br2N4O. The summed E-state index contributed by atoms with van der Waals surface area (Å²) in [7, 11) is 1.93. The summed E-state index contributed by atoms with van der Waals surface area (Å²) in [5.41, 5.74) is -0.145. The molecule has 0 aliphatic rings. The van der Waals surface area contributed by atoms with Crippen molar-refractivity contribution in [2.24, 2.45) is 7.05 Å². The third-order valence-electron chi connectivity index (χ3n) is 2.41. The van der Waals surface area contributed by atoms with Crippen molar-refractivity contribution in [3.05, 3.63) is 43.7 Å². The van der Waals surface area contributed by atoms with Crippen LogP contribution in [0.4, 0.5) is 0 Å². The van der Waals surface area contributed by atoms with E-state index in [2.05, 4.69) is 41.9 Å². The number of aromatic nitrogens is 4. The van der Waals surface area contributed by atoms with Crippen LogP contribution in [0.25, 0.3) is 0 Å². The van der Waals surface area contributed by atoms with E-state index in [1.54, 1.807) is 12.4 Å². The van der Waals surface area contributed by atoms with E-state index in [0.29, 0.717) is 21.9 Å². The van der Waals surface area contributed by atoms with Gasteiger partial charge in [-0.1, -0.05) is 0 Å².